The van der Waals surface area contributed by atoms with Crippen molar-refractivity contribution in [2.24, 2.45) is 5.92 Å². The Bertz CT molecular complexity index is 139. The van der Waals surface area contributed by atoms with Crippen molar-refractivity contribution >= 4 is 0 Å². The molecular weight excluding hydrogens is 172 g/mol. The lowest BCUT2D eigenvalue weighted by Crippen LogP contribution is -2.46. The van der Waals surface area contributed by atoms with Crippen LogP contribution < -0.4 is 10.6 Å². The van der Waals surface area contributed by atoms with Gasteiger partial charge < -0.3 is 10.6 Å². The maximum atomic E-state index is 3.71. The van der Waals surface area contributed by atoms with Gasteiger partial charge in [0.1, 0.15) is 0 Å². The van der Waals surface area contributed by atoms with Crippen LogP contribution in [0, 0.1) is 5.92 Å². The average molecular weight is 198 g/mol. The van der Waals surface area contributed by atoms with Crippen molar-refractivity contribution in [3.63, 3.8) is 0 Å². The van der Waals surface area contributed by atoms with Gasteiger partial charge in [0.05, 0.1) is 0 Å². The summed E-state index contributed by atoms with van der Waals surface area (Å²) in [5.74, 6) is 0.837. The topological polar surface area (TPSA) is 24.1 Å². The highest BCUT2D eigenvalue weighted by atomic mass is 15.0. The van der Waals surface area contributed by atoms with Crippen molar-refractivity contribution in [1.29, 1.82) is 0 Å². The minimum atomic E-state index is 0.683. The average Bonchev–Trinajstić information content (AvgIpc) is 2.16. The third-order valence-corrected chi connectivity index (χ3v) is 2.99. The fourth-order valence-corrected chi connectivity index (χ4v) is 2.06. The number of rotatable bonds is 5. The molecule has 0 aromatic heterocycles. The maximum Gasteiger partial charge on any atom is 0.0195 e. The molecule has 1 heterocycles. The van der Waals surface area contributed by atoms with Crippen LogP contribution >= 0.6 is 0 Å². The Morgan fingerprint density at radius 1 is 1.29 bits per heavy atom. The highest BCUT2D eigenvalue weighted by molar-refractivity contribution is 4.77. The number of hydrogen-bond acceptors (Lipinski definition) is 2. The van der Waals surface area contributed by atoms with Gasteiger partial charge in [-0.25, -0.2) is 0 Å². The van der Waals surface area contributed by atoms with E-state index in [1.165, 1.54) is 32.2 Å². The van der Waals surface area contributed by atoms with Crippen LogP contribution in [0.2, 0.25) is 0 Å². The van der Waals surface area contributed by atoms with Crippen LogP contribution in [0.1, 0.15) is 46.5 Å². The molecule has 0 aromatic rings. The van der Waals surface area contributed by atoms with E-state index in [4.69, 9.17) is 0 Å². The van der Waals surface area contributed by atoms with Crippen molar-refractivity contribution in [3.8, 4) is 0 Å². The highest BCUT2D eigenvalue weighted by Crippen LogP contribution is 2.09. The monoisotopic (exact) mass is 198 g/mol. The van der Waals surface area contributed by atoms with Crippen molar-refractivity contribution in [1.82, 2.24) is 10.6 Å². The molecule has 2 nitrogen and oxygen atoms in total. The Kier molecular flexibility index (Phi) is 5.49. The third-order valence-electron chi connectivity index (χ3n) is 2.99. The summed E-state index contributed by atoms with van der Waals surface area (Å²) in [6.45, 7) is 9.28. The van der Waals surface area contributed by atoms with E-state index in [9.17, 15) is 0 Å². The van der Waals surface area contributed by atoms with Crippen molar-refractivity contribution in [2.75, 3.05) is 13.1 Å². The Morgan fingerprint density at radius 2 is 2.07 bits per heavy atom. The van der Waals surface area contributed by atoms with E-state index in [-0.39, 0.29) is 0 Å². The van der Waals surface area contributed by atoms with Crippen LogP contribution in [0.25, 0.3) is 0 Å². The summed E-state index contributed by atoms with van der Waals surface area (Å²) >= 11 is 0. The molecule has 1 aliphatic heterocycles. The van der Waals surface area contributed by atoms with Gasteiger partial charge in [0, 0.05) is 18.6 Å². The van der Waals surface area contributed by atoms with E-state index in [0.29, 0.717) is 12.1 Å². The van der Waals surface area contributed by atoms with Gasteiger partial charge in [-0.15, -0.1) is 0 Å². The predicted octanol–water partition coefficient (Wildman–Crippen LogP) is 2.15. The van der Waals surface area contributed by atoms with Gasteiger partial charge >= 0.3 is 0 Å². The summed E-state index contributed by atoms with van der Waals surface area (Å²) < 4.78 is 0. The first-order chi connectivity index (χ1) is 6.68. The Labute approximate surface area is 88.8 Å². The first kappa shape index (κ1) is 12.0. The number of nitrogens with one attached hydrogen (secondary N) is 2. The SMILES string of the molecule is CC(C)CCC(C)NC1CCCNC1. The van der Waals surface area contributed by atoms with Gasteiger partial charge in [-0.05, 0) is 45.1 Å². The van der Waals surface area contributed by atoms with Crippen LogP contribution in [-0.4, -0.2) is 25.2 Å². The molecule has 1 aliphatic rings. The molecule has 2 N–H and O–H groups in total. The first-order valence-electron chi connectivity index (χ1n) is 6.15. The molecule has 2 unspecified atom stereocenters. The second-order valence-electron chi connectivity index (χ2n) is 5.08. The summed E-state index contributed by atoms with van der Waals surface area (Å²) in [6, 6.07) is 1.40. The Hall–Kier alpha value is -0.0800. The normalized spacial score (nSPS) is 25.3. The summed E-state index contributed by atoms with van der Waals surface area (Å²) in [7, 11) is 0. The van der Waals surface area contributed by atoms with Gasteiger partial charge in [-0.2, -0.15) is 0 Å². The van der Waals surface area contributed by atoms with Crippen LogP contribution in [0.3, 0.4) is 0 Å². The molecule has 1 saturated heterocycles. The summed E-state index contributed by atoms with van der Waals surface area (Å²) in [5, 5.41) is 7.15. The molecule has 0 aromatic carbocycles. The molecule has 0 aliphatic carbocycles. The van der Waals surface area contributed by atoms with Crippen molar-refractivity contribution in [2.45, 2.75) is 58.5 Å². The quantitative estimate of drug-likeness (QED) is 0.707. The highest BCUT2D eigenvalue weighted by Gasteiger charge is 2.14. The van der Waals surface area contributed by atoms with Crippen LogP contribution in [0.4, 0.5) is 0 Å². The smallest absolute Gasteiger partial charge is 0.0195 e. The fraction of sp³-hybridized carbons (Fsp3) is 1.00. The molecule has 1 fully saturated rings. The third kappa shape index (κ3) is 4.97. The van der Waals surface area contributed by atoms with Crippen LogP contribution in [0.15, 0.2) is 0 Å². The van der Waals surface area contributed by atoms with Crippen LogP contribution in [0.5, 0.6) is 0 Å². The molecular formula is C12H26N2. The minimum Gasteiger partial charge on any atom is -0.315 e. The van der Waals surface area contributed by atoms with E-state index in [2.05, 4.69) is 31.4 Å². The standard InChI is InChI=1S/C12H26N2/c1-10(2)6-7-11(3)14-12-5-4-8-13-9-12/h10-14H,4-9H2,1-3H3. The zero-order valence-electron chi connectivity index (χ0n) is 9.97. The zero-order valence-corrected chi connectivity index (χ0v) is 9.97. The molecule has 14 heavy (non-hydrogen) atoms. The molecule has 0 bridgehead atoms. The Morgan fingerprint density at radius 3 is 2.64 bits per heavy atom. The summed E-state index contributed by atoms with van der Waals surface area (Å²) in [5.41, 5.74) is 0. The van der Waals surface area contributed by atoms with Crippen LogP contribution in [-0.2, 0) is 0 Å². The molecule has 2 heteroatoms. The minimum absolute atomic E-state index is 0.683. The fourth-order valence-electron chi connectivity index (χ4n) is 2.06. The maximum absolute atomic E-state index is 3.71. The van der Waals surface area contributed by atoms with E-state index >= 15 is 0 Å². The number of hydrogen-bond donors (Lipinski definition) is 2. The van der Waals surface area contributed by atoms with E-state index in [0.717, 1.165) is 12.5 Å². The van der Waals surface area contributed by atoms with E-state index in [1.54, 1.807) is 0 Å². The molecule has 84 valence electrons. The largest absolute Gasteiger partial charge is 0.315 e. The molecule has 0 radical (unpaired) electrons. The van der Waals surface area contributed by atoms with E-state index in [1.807, 2.05) is 0 Å². The predicted molar refractivity (Wildman–Crippen MR) is 62.6 cm³/mol. The Balaban J connectivity index is 2.09. The first-order valence-corrected chi connectivity index (χ1v) is 6.15. The second kappa shape index (κ2) is 6.41. The van der Waals surface area contributed by atoms with Gasteiger partial charge in [0.25, 0.3) is 0 Å². The second-order valence-corrected chi connectivity index (χ2v) is 5.08. The molecule has 1 rings (SSSR count). The summed E-state index contributed by atoms with van der Waals surface area (Å²) in [6.07, 6.45) is 5.33. The number of piperidine rings is 1. The van der Waals surface area contributed by atoms with Gasteiger partial charge in [0.2, 0.25) is 0 Å². The molecule has 0 saturated carbocycles. The molecule has 2 atom stereocenters. The molecule has 0 spiro atoms. The van der Waals surface area contributed by atoms with Crippen molar-refractivity contribution in [3.05, 3.63) is 0 Å². The van der Waals surface area contributed by atoms with E-state index < -0.39 is 0 Å². The van der Waals surface area contributed by atoms with Gasteiger partial charge in [-0.3, -0.25) is 0 Å². The van der Waals surface area contributed by atoms with Gasteiger partial charge in [0.15, 0.2) is 0 Å². The lowest BCUT2D eigenvalue weighted by atomic mass is 10.0. The van der Waals surface area contributed by atoms with Crippen molar-refractivity contribution < 1.29 is 0 Å². The van der Waals surface area contributed by atoms with Gasteiger partial charge in [-0.1, -0.05) is 13.8 Å². The lowest BCUT2D eigenvalue weighted by molar-refractivity contribution is 0.340. The molecule has 0 amide bonds. The zero-order chi connectivity index (χ0) is 10.4. The summed E-state index contributed by atoms with van der Waals surface area (Å²) in [4.78, 5) is 0. The lowest BCUT2D eigenvalue weighted by Gasteiger charge is -2.27.